The molecule has 3 heteroatoms. The lowest BCUT2D eigenvalue weighted by Gasteiger charge is -2.06. The number of thiophene rings is 2. The zero-order valence-corrected chi connectivity index (χ0v) is 8.07. The molecule has 2 aromatic rings. The lowest BCUT2D eigenvalue weighted by atomic mass is 10.1. The Hall–Kier alpha value is -0.640. The highest BCUT2D eigenvalue weighted by Gasteiger charge is 2.08. The fourth-order valence-corrected chi connectivity index (χ4v) is 2.49. The molecule has 0 bridgehead atoms. The van der Waals surface area contributed by atoms with Gasteiger partial charge in [0.1, 0.15) is 0 Å². The van der Waals surface area contributed by atoms with Crippen molar-refractivity contribution in [1.82, 2.24) is 0 Å². The van der Waals surface area contributed by atoms with Crippen LogP contribution >= 0.6 is 22.7 Å². The number of rotatable bonds is 2. The van der Waals surface area contributed by atoms with E-state index in [2.05, 4.69) is 33.7 Å². The number of hydrogen-bond acceptors (Lipinski definition) is 3. The van der Waals surface area contributed by atoms with Crippen molar-refractivity contribution in [2.24, 2.45) is 5.73 Å². The summed E-state index contributed by atoms with van der Waals surface area (Å²) in [6.45, 7) is 0. The van der Waals surface area contributed by atoms with Crippen molar-refractivity contribution < 1.29 is 0 Å². The second-order valence-corrected chi connectivity index (χ2v) is 4.15. The number of hydrogen-bond donors (Lipinski definition) is 1. The second kappa shape index (κ2) is 3.39. The SMILES string of the molecule is NC(c1ccsc1)c1ccsc1. The predicted molar refractivity (Wildman–Crippen MR) is 54.7 cm³/mol. The molecule has 0 spiro atoms. The summed E-state index contributed by atoms with van der Waals surface area (Å²) in [5, 5.41) is 8.31. The topological polar surface area (TPSA) is 26.0 Å². The van der Waals surface area contributed by atoms with Gasteiger partial charge >= 0.3 is 0 Å². The largest absolute Gasteiger partial charge is 0.320 e. The Morgan fingerprint density at radius 1 is 1.00 bits per heavy atom. The fourth-order valence-electron chi connectivity index (χ4n) is 1.10. The summed E-state index contributed by atoms with van der Waals surface area (Å²) >= 11 is 3.38. The van der Waals surface area contributed by atoms with E-state index in [9.17, 15) is 0 Å². The second-order valence-electron chi connectivity index (χ2n) is 2.59. The van der Waals surface area contributed by atoms with Crippen molar-refractivity contribution in [1.29, 1.82) is 0 Å². The molecule has 62 valence electrons. The third-order valence-corrected chi connectivity index (χ3v) is 3.21. The molecule has 0 saturated heterocycles. The first-order valence-corrected chi connectivity index (χ1v) is 5.56. The van der Waals surface area contributed by atoms with Gasteiger partial charge in [-0.1, -0.05) is 0 Å². The van der Waals surface area contributed by atoms with Gasteiger partial charge in [-0.05, 0) is 44.8 Å². The minimum atomic E-state index is 0.0579. The van der Waals surface area contributed by atoms with Gasteiger partial charge in [0.2, 0.25) is 0 Å². The third-order valence-electron chi connectivity index (χ3n) is 1.80. The molecular weight excluding hydrogens is 186 g/mol. The van der Waals surface area contributed by atoms with Crippen molar-refractivity contribution in [2.75, 3.05) is 0 Å². The van der Waals surface area contributed by atoms with Crippen molar-refractivity contribution in [2.45, 2.75) is 6.04 Å². The molecule has 0 aliphatic heterocycles. The Kier molecular flexibility index (Phi) is 2.26. The van der Waals surface area contributed by atoms with E-state index in [4.69, 9.17) is 5.73 Å². The standard InChI is InChI=1S/C9H9NS2/c10-9(7-1-3-11-5-7)8-2-4-12-6-8/h1-6,9H,10H2. The molecule has 2 aromatic heterocycles. The van der Waals surface area contributed by atoms with Crippen LogP contribution in [0.3, 0.4) is 0 Å². The van der Waals surface area contributed by atoms with E-state index >= 15 is 0 Å². The highest BCUT2D eigenvalue weighted by atomic mass is 32.1. The molecule has 0 radical (unpaired) electrons. The average Bonchev–Trinajstić information content (AvgIpc) is 2.77. The minimum absolute atomic E-state index is 0.0579. The molecule has 0 atom stereocenters. The first kappa shape index (κ1) is 7.98. The molecule has 0 fully saturated rings. The van der Waals surface area contributed by atoms with Crippen molar-refractivity contribution in [3.8, 4) is 0 Å². The third kappa shape index (κ3) is 1.43. The first-order chi connectivity index (χ1) is 5.88. The van der Waals surface area contributed by atoms with E-state index < -0.39 is 0 Å². The normalized spacial score (nSPS) is 10.8. The van der Waals surface area contributed by atoms with Crippen LogP contribution in [-0.4, -0.2) is 0 Å². The number of nitrogens with two attached hydrogens (primary N) is 1. The highest BCUT2D eigenvalue weighted by Crippen LogP contribution is 2.22. The van der Waals surface area contributed by atoms with Gasteiger partial charge in [0, 0.05) is 0 Å². The predicted octanol–water partition coefficient (Wildman–Crippen LogP) is 2.86. The Morgan fingerprint density at radius 2 is 1.50 bits per heavy atom. The molecule has 2 N–H and O–H groups in total. The van der Waals surface area contributed by atoms with Gasteiger partial charge in [-0.15, -0.1) is 0 Å². The summed E-state index contributed by atoms with van der Waals surface area (Å²) in [5.41, 5.74) is 8.43. The maximum Gasteiger partial charge on any atom is 0.0568 e. The highest BCUT2D eigenvalue weighted by molar-refractivity contribution is 7.08. The molecule has 0 aliphatic carbocycles. The van der Waals surface area contributed by atoms with Crippen LogP contribution in [0.5, 0.6) is 0 Å². The van der Waals surface area contributed by atoms with Crippen LogP contribution in [0.2, 0.25) is 0 Å². The molecular formula is C9H9NS2. The summed E-state index contributed by atoms with van der Waals surface area (Å²) in [7, 11) is 0. The van der Waals surface area contributed by atoms with E-state index in [1.807, 2.05) is 0 Å². The molecule has 2 heterocycles. The van der Waals surface area contributed by atoms with Gasteiger partial charge in [-0.3, -0.25) is 0 Å². The molecule has 0 unspecified atom stereocenters. The average molecular weight is 195 g/mol. The zero-order chi connectivity index (χ0) is 8.39. The van der Waals surface area contributed by atoms with E-state index in [1.54, 1.807) is 22.7 Å². The Bertz CT molecular complexity index is 289. The van der Waals surface area contributed by atoms with Crippen LogP contribution in [-0.2, 0) is 0 Å². The summed E-state index contributed by atoms with van der Waals surface area (Å²) < 4.78 is 0. The van der Waals surface area contributed by atoms with Gasteiger partial charge in [-0.2, -0.15) is 22.7 Å². The van der Waals surface area contributed by atoms with Crippen LogP contribution in [0, 0.1) is 0 Å². The fraction of sp³-hybridized carbons (Fsp3) is 0.111. The molecule has 0 amide bonds. The molecule has 0 aliphatic rings. The van der Waals surface area contributed by atoms with Crippen molar-refractivity contribution >= 4 is 22.7 Å². The van der Waals surface area contributed by atoms with Crippen LogP contribution < -0.4 is 5.73 Å². The van der Waals surface area contributed by atoms with E-state index in [0.717, 1.165) is 0 Å². The van der Waals surface area contributed by atoms with E-state index in [-0.39, 0.29) is 6.04 Å². The van der Waals surface area contributed by atoms with E-state index in [0.29, 0.717) is 0 Å². The molecule has 0 saturated carbocycles. The lowest BCUT2D eigenvalue weighted by Crippen LogP contribution is -2.09. The van der Waals surface area contributed by atoms with Gasteiger partial charge in [0.15, 0.2) is 0 Å². The quantitative estimate of drug-likeness (QED) is 0.783. The summed E-state index contributed by atoms with van der Waals surface area (Å²) in [4.78, 5) is 0. The monoisotopic (exact) mass is 195 g/mol. The van der Waals surface area contributed by atoms with Crippen LogP contribution in [0.25, 0.3) is 0 Å². The molecule has 12 heavy (non-hydrogen) atoms. The summed E-state index contributed by atoms with van der Waals surface area (Å²) in [6, 6.07) is 4.21. The first-order valence-electron chi connectivity index (χ1n) is 3.67. The maximum atomic E-state index is 6.02. The van der Waals surface area contributed by atoms with E-state index in [1.165, 1.54) is 11.1 Å². The summed E-state index contributed by atoms with van der Waals surface area (Å²) in [6.07, 6.45) is 0. The van der Waals surface area contributed by atoms with Gasteiger partial charge in [-0.25, -0.2) is 0 Å². The smallest absolute Gasteiger partial charge is 0.0568 e. The molecule has 2 rings (SSSR count). The van der Waals surface area contributed by atoms with Gasteiger partial charge in [0.05, 0.1) is 6.04 Å². The molecule has 1 nitrogen and oxygen atoms in total. The Morgan fingerprint density at radius 3 is 1.83 bits per heavy atom. The van der Waals surface area contributed by atoms with Gasteiger partial charge < -0.3 is 5.73 Å². The van der Waals surface area contributed by atoms with Crippen molar-refractivity contribution in [3.63, 3.8) is 0 Å². The molecule has 0 aromatic carbocycles. The lowest BCUT2D eigenvalue weighted by molar-refractivity contribution is 0.882. The Labute approximate surface area is 79.5 Å². The minimum Gasteiger partial charge on any atom is -0.320 e. The van der Waals surface area contributed by atoms with Crippen LogP contribution in [0.4, 0.5) is 0 Å². The summed E-state index contributed by atoms with van der Waals surface area (Å²) in [5.74, 6) is 0. The zero-order valence-electron chi connectivity index (χ0n) is 6.44. The van der Waals surface area contributed by atoms with Crippen molar-refractivity contribution in [3.05, 3.63) is 44.8 Å². The van der Waals surface area contributed by atoms with Crippen LogP contribution in [0.1, 0.15) is 17.2 Å². The van der Waals surface area contributed by atoms with Gasteiger partial charge in [0.25, 0.3) is 0 Å². The Balaban J connectivity index is 2.27. The maximum absolute atomic E-state index is 6.02. The van der Waals surface area contributed by atoms with Crippen LogP contribution in [0.15, 0.2) is 33.7 Å².